The molecule has 2 aromatic rings. The standard InChI is InChI=1S/C21H26N2O3/c1-4-15-7-5-6-8-17(15)23-20(24)22-14-21(11-12-21)16-9-10-18(25-2)19(13-16)26-3/h5-10,13H,4,11-12,14H2,1-3H3,(H2,22,23,24). The Morgan fingerprint density at radius 3 is 2.46 bits per heavy atom. The van der Waals surface area contributed by atoms with Gasteiger partial charge in [0.05, 0.1) is 14.2 Å². The molecule has 1 aliphatic rings. The van der Waals surface area contributed by atoms with Crippen molar-refractivity contribution < 1.29 is 14.3 Å². The largest absolute Gasteiger partial charge is 0.493 e. The molecule has 0 spiro atoms. The van der Waals surface area contributed by atoms with Crippen molar-refractivity contribution in [3.05, 3.63) is 53.6 Å². The Morgan fingerprint density at radius 2 is 1.81 bits per heavy atom. The molecule has 5 nitrogen and oxygen atoms in total. The smallest absolute Gasteiger partial charge is 0.319 e. The summed E-state index contributed by atoms with van der Waals surface area (Å²) in [6.07, 6.45) is 2.98. The van der Waals surface area contributed by atoms with E-state index < -0.39 is 0 Å². The number of urea groups is 1. The normalized spacial score (nSPS) is 14.4. The number of methoxy groups -OCH3 is 2. The van der Waals surface area contributed by atoms with Gasteiger partial charge in [0.2, 0.25) is 0 Å². The van der Waals surface area contributed by atoms with Crippen molar-refractivity contribution in [2.45, 2.75) is 31.6 Å². The third kappa shape index (κ3) is 3.77. The van der Waals surface area contributed by atoms with Crippen molar-refractivity contribution in [2.75, 3.05) is 26.1 Å². The molecule has 1 aliphatic carbocycles. The fourth-order valence-corrected chi connectivity index (χ4v) is 3.25. The molecular weight excluding hydrogens is 328 g/mol. The Bertz CT molecular complexity index is 785. The summed E-state index contributed by atoms with van der Waals surface area (Å²) < 4.78 is 10.7. The second kappa shape index (κ2) is 7.68. The van der Waals surface area contributed by atoms with Crippen LogP contribution in [0.4, 0.5) is 10.5 Å². The number of aryl methyl sites for hydroxylation is 1. The molecule has 0 aromatic heterocycles. The molecule has 5 heteroatoms. The average molecular weight is 354 g/mol. The molecule has 0 unspecified atom stereocenters. The first-order valence-electron chi connectivity index (χ1n) is 8.97. The molecule has 1 fully saturated rings. The topological polar surface area (TPSA) is 59.6 Å². The lowest BCUT2D eigenvalue weighted by molar-refractivity contribution is 0.251. The first-order valence-corrected chi connectivity index (χ1v) is 8.97. The van der Waals surface area contributed by atoms with E-state index in [1.807, 2.05) is 36.4 Å². The van der Waals surface area contributed by atoms with Crippen molar-refractivity contribution in [2.24, 2.45) is 0 Å². The summed E-state index contributed by atoms with van der Waals surface area (Å²) in [5.74, 6) is 1.44. The van der Waals surface area contributed by atoms with Crippen LogP contribution in [0.15, 0.2) is 42.5 Å². The lowest BCUT2D eigenvalue weighted by Gasteiger charge is -2.19. The highest BCUT2D eigenvalue weighted by atomic mass is 16.5. The van der Waals surface area contributed by atoms with Gasteiger partial charge in [-0.1, -0.05) is 31.2 Å². The van der Waals surface area contributed by atoms with Crippen molar-refractivity contribution in [1.29, 1.82) is 0 Å². The van der Waals surface area contributed by atoms with Gasteiger partial charge < -0.3 is 20.1 Å². The summed E-state index contributed by atoms with van der Waals surface area (Å²) in [7, 11) is 3.27. The fraction of sp³-hybridized carbons (Fsp3) is 0.381. The summed E-state index contributed by atoms with van der Waals surface area (Å²) in [4.78, 5) is 12.3. The zero-order chi connectivity index (χ0) is 18.6. The highest BCUT2D eigenvalue weighted by Gasteiger charge is 2.44. The molecule has 26 heavy (non-hydrogen) atoms. The Kier molecular flexibility index (Phi) is 5.35. The van der Waals surface area contributed by atoms with Crippen LogP contribution in [0.1, 0.15) is 30.9 Å². The number of anilines is 1. The van der Waals surface area contributed by atoms with Gasteiger partial charge in [-0.05, 0) is 48.6 Å². The summed E-state index contributed by atoms with van der Waals surface area (Å²) in [6, 6.07) is 13.7. The van der Waals surface area contributed by atoms with E-state index >= 15 is 0 Å². The van der Waals surface area contributed by atoms with Gasteiger partial charge in [0, 0.05) is 17.6 Å². The highest BCUT2D eigenvalue weighted by molar-refractivity contribution is 5.90. The maximum atomic E-state index is 12.3. The second-order valence-electron chi connectivity index (χ2n) is 6.67. The molecule has 138 valence electrons. The third-order valence-corrected chi connectivity index (χ3v) is 5.08. The molecule has 3 rings (SSSR count). The van der Waals surface area contributed by atoms with Crippen LogP contribution in [-0.2, 0) is 11.8 Å². The number of nitrogens with one attached hydrogen (secondary N) is 2. The van der Waals surface area contributed by atoms with Gasteiger partial charge >= 0.3 is 6.03 Å². The molecule has 0 aliphatic heterocycles. The number of rotatable bonds is 7. The van der Waals surface area contributed by atoms with E-state index in [0.717, 1.165) is 36.3 Å². The molecule has 0 heterocycles. The molecule has 0 atom stereocenters. The van der Waals surface area contributed by atoms with Crippen LogP contribution in [-0.4, -0.2) is 26.8 Å². The van der Waals surface area contributed by atoms with Gasteiger partial charge in [-0.3, -0.25) is 0 Å². The Morgan fingerprint density at radius 1 is 1.08 bits per heavy atom. The van der Waals surface area contributed by atoms with Crippen molar-refractivity contribution in [3.8, 4) is 11.5 Å². The van der Waals surface area contributed by atoms with E-state index in [9.17, 15) is 4.79 Å². The molecular formula is C21H26N2O3. The number of carbonyl (C=O) groups is 1. The Hall–Kier alpha value is -2.69. The van der Waals surface area contributed by atoms with Crippen molar-refractivity contribution in [3.63, 3.8) is 0 Å². The van der Waals surface area contributed by atoms with Gasteiger partial charge in [-0.2, -0.15) is 0 Å². The molecule has 2 amide bonds. The van der Waals surface area contributed by atoms with Gasteiger partial charge in [0.1, 0.15) is 0 Å². The molecule has 2 N–H and O–H groups in total. The number of hydrogen-bond donors (Lipinski definition) is 2. The van der Waals surface area contributed by atoms with E-state index in [1.54, 1.807) is 14.2 Å². The SMILES string of the molecule is CCc1ccccc1NC(=O)NCC1(c2ccc(OC)c(OC)c2)CC1. The van der Waals surface area contributed by atoms with E-state index in [0.29, 0.717) is 12.3 Å². The van der Waals surface area contributed by atoms with Crippen LogP contribution >= 0.6 is 0 Å². The van der Waals surface area contributed by atoms with E-state index in [2.05, 4.69) is 23.6 Å². The predicted molar refractivity (Wildman–Crippen MR) is 103 cm³/mol. The summed E-state index contributed by atoms with van der Waals surface area (Å²) >= 11 is 0. The van der Waals surface area contributed by atoms with E-state index in [-0.39, 0.29) is 11.4 Å². The zero-order valence-corrected chi connectivity index (χ0v) is 15.6. The number of ether oxygens (including phenoxy) is 2. The van der Waals surface area contributed by atoms with Crippen LogP contribution in [0.5, 0.6) is 11.5 Å². The number of para-hydroxylation sites is 1. The van der Waals surface area contributed by atoms with Crippen molar-refractivity contribution in [1.82, 2.24) is 5.32 Å². The van der Waals surface area contributed by atoms with Crippen LogP contribution < -0.4 is 20.1 Å². The van der Waals surface area contributed by atoms with Crippen molar-refractivity contribution >= 4 is 11.7 Å². The minimum Gasteiger partial charge on any atom is -0.493 e. The predicted octanol–water partition coefficient (Wildman–Crippen LogP) is 4.12. The molecule has 1 saturated carbocycles. The van der Waals surface area contributed by atoms with Crippen LogP contribution in [0, 0.1) is 0 Å². The maximum absolute atomic E-state index is 12.3. The second-order valence-corrected chi connectivity index (χ2v) is 6.67. The van der Waals surface area contributed by atoms with Crippen LogP contribution in [0.25, 0.3) is 0 Å². The third-order valence-electron chi connectivity index (χ3n) is 5.08. The van der Waals surface area contributed by atoms with E-state index in [1.165, 1.54) is 5.56 Å². The number of carbonyl (C=O) groups excluding carboxylic acids is 1. The number of amides is 2. The molecule has 0 saturated heterocycles. The minimum atomic E-state index is -0.169. The lowest BCUT2D eigenvalue weighted by atomic mass is 9.95. The molecule has 2 aromatic carbocycles. The van der Waals surface area contributed by atoms with Gasteiger partial charge in [0.15, 0.2) is 11.5 Å². The lowest BCUT2D eigenvalue weighted by Crippen LogP contribution is -2.35. The zero-order valence-electron chi connectivity index (χ0n) is 15.6. The summed E-state index contributed by atoms with van der Waals surface area (Å²) in [5, 5.41) is 5.99. The van der Waals surface area contributed by atoms with Crippen LogP contribution in [0.3, 0.4) is 0 Å². The maximum Gasteiger partial charge on any atom is 0.319 e. The van der Waals surface area contributed by atoms with Gasteiger partial charge in [-0.15, -0.1) is 0 Å². The Labute approximate surface area is 154 Å². The Balaban J connectivity index is 1.65. The monoisotopic (exact) mass is 354 g/mol. The van der Waals surface area contributed by atoms with E-state index in [4.69, 9.17) is 9.47 Å². The first-order chi connectivity index (χ1) is 12.6. The highest BCUT2D eigenvalue weighted by Crippen LogP contribution is 2.49. The molecule has 0 bridgehead atoms. The fourth-order valence-electron chi connectivity index (χ4n) is 3.25. The quantitative estimate of drug-likeness (QED) is 0.786. The van der Waals surface area contributed by atoms with Crippen LogP contribution in [0.2, 0.25) is 0 Å². The first kappa shape index (κ1) is 18.1. The number of hydrogen-bond acceptors (Lipinski definition) is 3. The summed E-state index contributed by atoms with van der Waals surface area (Å²) in [6.45, 7) is 2.68. The summed E-state index contributed by atoms with van der Waals surface area (Å²) in [5.41, 5.74) is 3.15. The molecule has 0 radical (unpaired) electrons. The van der Waals surface area contributed by atoms with Gasteiger partial charge in [0.25, 0.3) is 0 Å². The number of benzene rings is 2. The van der Waals surface area contributed by atoms with Gasteiger partial charge in [-0.25, -0.2) is 4.79 Å². The average Bonchev–Trinajstić information content (AvgIpc) is 3.47. The minimum absolute atomic E-state index is 0.0127.